The number of hydrogen-bond acceptors (Lipinski definition) is 6. The van der Waals surface area contributed by atoms with Gasteiger partial charge >= 0.3 is 0 Å². The van der Waals surface area contributed by atoms with Crippen LogP contribution < -0.4 is 20.5 Å². The van der Waals surface area contributed by atoms with Gasteiger partial charge < -0.3 is 9.64 Å². The Kier molecular flexibility index (Phi) is 6.91. The first-order valence-electron chi connectivity index (χ1n) is 10.6. The Hall–Kier alpha value is -3.94. The first-order valence-corrected chi connectivity index (χ1v) is 10.6. The first-order chi connectivity index (χ1) is 15.7. The Morgan fingerprint density at radius 3 is 2.53 bits per heavy atom. The lowest BCUT2D eigenvalue weighted by molar-refractivity contribution is -0.132. The van der Waals surface area contributed by atoms with E-state index >= 15 is 0 Å². The highest BCUT2D eigenvalue weighted by Crippen LogP contribution is 2.29. The number of para-hydroxylation sites is 1. The quantitative estimate of drug-likeness (QED) is 0.583. The van der Waals surface area contributed by atoms with Crippen LogP contribution in [-0.2, 0) is 9.59 Å². The van der Waals surface area contributed by atoms with Crippen molar-refractivity contribution in [2.75, 3.05) is 24.6 Å². The van der Waals surface area contributed by atoms with E-state index < -0.39 is 5.91 Å². The molecular formula is C24H25N5O3. The fraction of sp³-hybridized carbons (Fsp3) is 0.250. The molecule has 2 amide bonds. The van der Waals surface area contributed by atoms with E-state index in [1.54, 1.807) is 18.5 Å². The van der Waals surface area contributed by atoms with E-state index in [0.717, 1.165) is 30.5 Å². The fourth-order valence-electron chi connectivity index (χ4n) is 3.69. The van der Waals surface area contributed by atoms with E-state index in [9.17, 15) is 9.59 Å². The van der Waals surface area contributed by atoms with Crippen LogP contribution in [0.2, 0.25) is 0 Å². The summed E-state index contributed by atoms with van der Waals surface area (Å²) in [4.78, 5) is 35.3. The number of carbonyl (C=O) groups excluding carboxylic acids is 2. The first kappa shape index (κ1) is 21.3. The molecule has 2 aromatic carbocycles. The van der Waals surface area contributed by atoms with Crippen LogP contribution in [0.25, 0.3) is 11.1 Å². The predicted octanol–water partition coefficient (Wildman–Crippen LogP) is 2.59. The second-order valence-corrected chi connectivity index (χ2v) is 7.52. The summed E-state index contributed by atoms with van der Waals surface area (Å²) in [6.07, 6.45) is 4.96. The molecule has 0 unspecified atom stereocenters. The number of hydrogen-bond donors (Lipinski definition) is 2. The van der Waals surface area contributed by atoms with Gasteiger partial charge in [-0.3, -0.25) is 20.4 Å². The molecule has 2 heterocycles. The zero-order valence-electron chi connectivity index (χ0n) is 17.6. The number of benzene rings is 2. The molecule has 1 aromatic heterocycles. The summed E-state index contributed by atoms with van der Waals surface area (Å²) in [5.74, 6) is 0.294. The second kappa shape index (κ2) is 10.4. The van der Waals surface area contributed by atoms with Crippen LogP contribution in [0, 0.1) is 5.92 Å². The molecule has 8 nitrogen and oxygen atoms in total. The maximum absolute atomic E-state index is 12.6. The van der Waals surface area contributed by atoms with Crippen molar-refractivity contribution in [3.63, 3.8) is 0 Å². The van der Waals surface area contributed by atoms with E-state index in [1.165, 1.54) is 0 Å². The summed E-state index contributed by atoms with van der Waals surface area (Å²) >= 11 is 0. The van der Waals surface area contributed by atoms with Crippen molar-refractivity contribution in [2.24, 2.45) is 5.92 Å². The normalized spacial score (nSPS) is 15.6. The predicted molar refractivity (Wildman–Crippen MR) is 121 cm³/mol. The molecule has 1 saturated heterocycles. The van der Waals surface area contributed by atoms with Gasteiger partial charge in [0.25, 0.3) is 5.91 Å². The minimum atomic E-state index is -0.430. The standard InChI is InChI=1S/C24H25N5O3/c30-22(17-32-21-12-5-4-11-20(21)18-8-2-1-3-9-18)27-28-23(31)19-10-6-15-29(16-19)24-25-13-7-14-26-24/h1-5,7-9,11-14,19H,6,10,15-17H2,(H,27,30)(H,28,31)/t19-/m0/s1. The van der Waals surface area contributed by atoms with Gasteiger partial charge in [0.05, 0.1) is 5.92 Å². The largest absolute Gasteiger partial charge is 0.483 e. The number of anilines is 1. The van der Waals surface area contributed by atoms with Crippen LogP contribution in [0.15, 0.2) is 73.1 Å². The molecule has 0 spiro atoms. The molecular weight excluding hydrogens is 406 g/mol. The Bertz CT molecular complexity index is 1050. The molecule has 0 bridgehead atoms. The molecule has 1 aliphatic rings. The summed E-state index contributed by atoms with van der Waals surface area (Å²) in [7, 11) is 0. The summed E-state index contributed by atoms with van der Waals surface area (Å²) in [6, 6.07) is 19.1. The van der Waals surface area contributed by atoms with Gasteiger partial charge in [-0.05, 0) is 30.5 Å². The van der Waals surface area contributed by atoms with Crippen LogP contribution in [-0.4, -0.2) is 41.5 Å². The zero-order valence-corrected chi connectivity index (χ0v) is 17.6. The highest BCUT2D eigenvalue weighted by molar-refractivity contribution is 5.84. The van der Waals surface area contributed by atoms with E-state index in [4.69, 9.17) is 4.74 Å². The number of ether oxygens (including phenoxy) is 1. The van der Waals surface area contributed by atoms with Gasteiger partial charge in [-0.1, -0.05) is 48.5 Å². The van der Waals surface area contributed by atoms with E-state index in [-0.39, 0.29) is 18.4 Å². The topological polar surface area (TPSA) is 96.5 Å². The summed E-state index contributed by atoms with van der Waals surface area (Å²) < 4.78 is 5.72. The molecule has 8 heteroatoms. The van der Waals surface area contributed by atoms with E-state index in [2.05, 4.69) is 20.8 Å². The number of hydrazine groups is 1. The van der Waals surface area contributed by atoms with Crippen LogP contribution in [0.3, 0.4) is 0 Å². The average molecular weight is 431 g/mol. The van der Waals surface area contributed by atoms with Crippen LogP contribution in [0.4, 0.5) is 5.95 Å². The second-order valence-electron chi connectivity index (χ2n) is 7.52. The third-order valence-corrected chi connectivity index (χ3v) is 5.28. The molecule has 2 N–H and O–H groups in total. The van der Waals surface area contributed by atoms with E-state index in [1.807, 2.05) is 59.5 Å². The fourth-order valence-corrected chi connectivity index (χ4v) is 3.69. The Balaban J connectivity index is 1.27. The molecule has 0 saturated carbocycles. The number of carbonyl (C=O) groups is 2. The zero-order chi connectivity index (χ0) is 22.2. The molecule has 4 rings (SSSR count). The van der Waals surface area contributed by atoms with Crippen molar-refractivity contribution in [1.29, 1.82) is 0 Å². The summed E-state index contributed by atoms with van der Waals surface area (Å²) in [5, 5.41) is 0. The maximum atomic E-state index is 12.6. The molecule has 0 radical (unpaired) electrons. The van der Waals surface area contributed by atoms with Gasteiger partial charge in [0.1, 0.15) is 5.75 Å². The third kappa shape index (κ3) is 5.40. The Morgan fingerprint density at radius 2 is 1.72 bits per heavy atom. The molecule has 1 atom stereocenters. The highest BCUT2D eigenvalue weighted by Gasteiger charge is 2.27. The van der Waals surface area contributed by atoms with Gasteiger partial charge in [-0.25, -0.2) is 9.97 Å². The van der Waals surface area contributed by atoms with Gasteiger partial charge in [-0.2, -0.15) is 0 Å². The molecule has 32 heavy (non-hydrogen) atoms. The number of rotatable bonds is 6. The average Bonchev–Trinajstić information content (AvgIpc) is 2.87. The Labute approximate surface area is 186 Å². The van der Waals surface area contributed by atoms with Crippen LogP contribution in [0.5, 0.6) is 5.75 Å². The van der Waals surface area contributed by atoms with Gasteiger partial charge in [-0.15, -0.1) is 0 Å². The van der Waals surface area contributed by atoms with Crippen molar-refractivity contribution in [1.82, 2.24) is 20.8 Å². The lowest BCUT2D eigenvalue weighted by atomic mass is 9.98. The monoisotopic (exact) mass is 431 g/mol. The van der Waals surface area contributed by atoms with Gasteiger partial charge in [0.15, 0.2) is 6.61 Å². The molecule has 1 aliphatic heterocycles. The van der Waals surface area contributed by atoms with Crippen molar-refractivity contribution in [2.45, 2.75) is 12.8 Å². The van der Waals surface area contributed by atoms with Gasteiger partial charge in [0.2, 0.25) is 11.9 Å². The summed E-state index contributed by atoms with van der Waals surface area (Å²) in [6.45, 7) is 1.10. The van der Waals surface area contributed by atoms with Crippen molar-refractivity contribution >= 4 is 17.8 Å². The van der Waals surface area contributed by atoms with Crippen molar-refractivity contribution in [3.05, 3.63) is 73.1 Å². The Morgan fingerprint density at radius 1 is 0.969 bits per heavy atom. The minimum Gasteiger partial charge on any atom is -0.483 e. The van der Waals surface area contributed by atoms with Crippen LogP contribution in [0.1, 0.15) is 12.8 Å². The lowest BCUT2D eigenvalue weighted by Crippen LogP contribution is -2.50. The van der Waals surface area contributed by atoms with E-state index in [0.29, 0.717) is 18.2 Å². The van der Waals surface area contributed by atoms with Crippen LogP contribution >= 0.6 is 0 Å². The van der Waals surface area contributed by atoms with Crippen molar-refractivity contribution in [3.8, 4) is 16.9 Å². The molecule has 1 fully saturated rings. The SMILES string of the molecule is O=C(COc1ccccc1-c1ccccc1)NNC(=O)[C@H]1CCCN(c2ncccn2)C1. The van der Waals surface area contributed by atoms with Crippen molar-refractivity contribution < 1.29 is 14.3 Å². The molecule has 0 aliphatic carbocycles. The number of piperidine rings is 1. The molecule has 3 aromatic rings. The number of nitrogens with zero attached hydrogens (tertiary/aromatic N) is 3. The third-order valence-electron chi connectivity index (χ3n) is 5.28. The number of amides is 2. The smallest absolute Gasteiger partial charge is 0.276 e. The maximum Gasteiger partial charge on any atom is 0.276 e. The lowest BCUT2D eigenvalue weighted by Gasteiger charge is -2.31. The molecule has 164 valence electrons. The van der Waals surface area contributed by atoms with Gasteiger partial charge in [0, 0.05) is 31.0 Å². The minimum absolute atomic E-state index is 0.210. The number of aromatic nitrogens is 2. The highest BCUT2D eigenvalue weighted by atomic mass is 16.5. The summed E-state index contributed by atoms with van der Waals surface area (Å²) in [5.41, 5.74) is 6.87. The number of nitrogens with one attached hydrogen (secondary N) is 2.